The summed E-state index contributed by atoms with van der Waals surface area (Å²) in [7, 11) is 0. The van der Waals surface area contributed by atoms with E-state index in [0.717, 1.165) is 20.2 Å². The average molecular weight is 225 g/mol. The van der Waals surface area contributed by atoms with E-state index in [1.165, 1.54) is 0 Å². The molecule has 1 rings (SSSR count). The zero-order chi connectivity index (χ0) is 5.57. The third kappa shape index (κ3) is 1.36. The van der Waals surface area contributed by atoms with Crippen LogP contribution >= 0.6 is 18.4 Å². The molecule has 1 aliphatic rings. The van der Waals surface area contributed by atoms with E-state index >= 15 is 0 Å². The molecule has 43 valence electrons. The van der Waals surface area contributed by atoms with E-state index in [1.807, 2.05) is 0 Å². The minimum absolute atomic E-state index is 0.595. The predicted octanol–water partition coefficient (Wildman–Crippen LogP) is 0.256. The zero-order valence-electron chi connectivity index (χ0n) is 2.97. The van der Waals surface area contributed by atoms with Crippen LogP contribution in [0.2, 0.25) is 0 Å². The third-order valence-electron chi connectivity index (χ3n) is 0.396. The molecule has 0 unspecified atom stereocenters. The van der Waals surface area contributed by atoms with Gasteiger partial charge >= 0.3 is 55.5 Å². The van der Waals surface area contributed by atoms with Crippen LogP contribution in [-0.2, 0) is 27.3 Å². The van der Waals surface area contributed by atoms with Crippen molar-refractivity contribution < 1.29 is 37.1 Å². The van der Waals surface area contributed by atoms with E-state index in [1.54, 1.807) is 0 Å². The molecule has 2 N–H and O–H groups in total. The monoisotopic (exact) mass is 227 g/mol. The van der Waals surface area contributed by atoms with E-state index in [4.69, 9.17) is 9.79 Å². The molecular weight excluding hydrogens is 223 g/mol. The first-order chi connectivity index (χ1) is 3.05. The predicted molar refractivity (Wildman–Crippen MR) is 21.1 cm³/mol. The SMILES string of the molecule is OP1(O)([O][Mo])OS1. The Kier molecular flexibility index (Phi) is 1.30. The molecule has 0 atom stereocenters. The Morgan fingerprint density at radius 2 is 2.14 bits per heavy atom. The van der Waals surface area contributed by atoms with Crippen LogP contribution in [0.5, 0.6) is 0 Å². The summed E-state index contributed by atoms with van der Waals surface area (Å²) in [6, 6.07) is 0. The second-order valence-electron chi connectivity index (χ2n) is 1.03. The minimum atomic E-state index is -3.90. The topological polar surface area (TPSA) is 62.2 Å². The molecule has 0 aromatic heterocycles. The molecule has 0 bridgehead atoms. The molecular formula is H2MoO4PS. The van der Waals surface area contributed by atoms with Crippen molar-refractivity contribution in [3.8, 4) is 0 Å². The van der Waals surface area contributed by atoms with E-state index in [9.17, 15) is 0 Å². The van der Waals surface area contributed by atoms with Gasteiger partial charge < -0.3 is 0 Å². The Bertz CT molecular complexity index is 93.9. The van der Waals surface area contributed by atoms with Gasteiger partial charge in [0.1, 0.15) is 0 Å². The van der Waals surface area contributed by atoms with Crippen LogP contribution < -0.4 is 0 Å². The van der Waals surface area contributed by atoms with Gasteiger partial charge in [-0.05, 0) is 0 Å². The summed E-state index contributed by atoms with van der Waals surface area (Å²) in [5, 5.41) is 0. The van der Waals surface area contributed by atoms with Crippen molar-refractivity contribution in [1.82, 2.24) is 0 Å². The molecule has 0 saturated carbocycles. The molecule has 0 spiro atoms. The van der Waals surface area contributed by atoms with Crippen molar-refractivity contribution in [3.05, 3.63) is 0 Å². The molecule has 0 aromatic rings. The second-order valence-corrected chi connectivity index (χ2v) is 6.95. The maximum absolute atomic E-state index is 8.61. The molecule has 1 aliphatic heterocycles. The Morgan fingerprint density at radius 3 is 2.14 bits per heavy atom. The number of rotatable bonds is 1. The second kappa shape index (κ2) is 1.42. The number of hydrogen-bond acceptors (Lipinski definition) is 5. The van der Waals surface area contributed by atoms with E-state index < -0.39 is 6.71 Å². The normalized spacial score (nSPS) is 38.3. The summed E-state index contributed by atoms with van der Waals surface area (Å²) in [6.45, 7) is -3.90. The van der Waals surface area contributed by atoms with Crippen LogP contribution in [0.3, 0.4) is 0 Å². The molecule has 0 amide bonds. The summed E-state index contributed by atoms with van der Waals surface area (Å²) in [5.41, 5.74) is 0. The van der Waals surface area contributed by atoms with Gasteiger partial charge in [0.15, 0.2) is 0 Å². The average Bonchev–Trinajstić information content (AvgIpc) is 2.20. The van der Waals surface area contributed by atoms with Crippen molar-refractivity contribution in [2.75, 3.05) is 0 Å². The Labute approximate surface area is 55.8 Å². The summed E-state index contributed by atoms with van der Waals surface area (Å²) in [5.74, 6) is 0. The summed E-state index contributed by atoms with van der Waals surface area (Å²) in [6.07, 6.45) is 0. The molecule has 1 heterocycles. The van der Waals surface area contributed by atoms with Gasteiger partial charge in [0.2, 0.25) is 0 Å². The summed E-state index contributed by atoms with van der Waals surface area (Å²) in [4.78, 5) is 17.2. The van der Waals surface area contributed by atoms with Crippen LogP contribution in [0.25, 0.3) is 0 Å². The van der Waals surface area contributed by atoms with Gasteiger partial charge in [0.05, 0.1) is 0 Å². The van der Waals surface area contributed by atoms with Gasteiger partial charge in [0.25, 0.3) is 0 Å². The molecule has 0 aromatic carbocycles. The molecule has 7 heteroatoms. The Balaban J connectivity index is 2.58. The van der Waals surface area contributed by atoms with E-state index in [-0.39, 0.29) is 0 Å². The molecule has 7 heavy (non-hydrogen) atoms. The van der Waals surface area contributed by atoms with Gasteiger partial charge in [-0.1, -0.05) is 0 Å². The third-order valence-corrected chi connectivity index (χ3v) is 5.76. The van der Waals surface area contributed by atoms with Gasteiger partial charge in [-0.25, -0.2) is 0 Å². The first kappa shape index (κ1) is 6.43. The van der Waals surface area contributed by atoms with Crippen LogP contribution in [-0.4, -0.2) is 9.79 Å². The fourth-order valence-corrected chi connectivity index (χ4v) is 2.50. The van der Waals surface area contributed by atoms with Crippen molar-refractivity contribution >= 4 is 18.4 Å². The van der Waals surface area contributed by atoms with Crippen LogP contribution in [0.4, 0.5) is 0 Å². The fraction of sp³-hybridized carbons (Fsp3) is 0. The van der Waals surface area contributed by atoms with Crippen LogP contribution in [0, 0.1) is 0 Å². The van der Waals surface area contributed by atoms with Gasteiger partial charge in [-0.3, -0.25) is 0 Å². The van der Waals surface area contributed by atoms with Gasteiger partial charge in [-0.2, -0.15) is 0 Å². The molecule has 0 radical (unpaired) electrons. The summed E-state index contributed by atoms with van der Waals surface area (Å²) >= 11 is 1.72. The van der Waals surface area contributed by atoms with Crippen molar-refractivity contribution in [1.29, 1.82) is 0 Å². The zero-order valence-corrected chi connectivity index (χ0v) is 6.69. The Morgan fingerprint density at radius 1 is 1.71 bits per heavy atom. The van der Waals surface area contributed by atoms with Crippen LogP contribution in [0.15, 0.2) is 0 Å². The van der Waals surface area contributed by atoms with Crippen molar-refractivity contribution in [2.45, 2.75) is 0 Å². The van der Waals surface area contributed by atoms with E-state index in [0.29, 0.717) is 11.7 Å². The molecule has 0 aliphatic carbocycles. The van der Waals surface area contributed by atoms with Gasteiger partial charge in [0, 0.05) is 0 Å². The van der Waals surface area contributed by atoms with Gasteiger partial charge in [-0.15, -0.1) is 0 Å². The standard InChI is InChI=1S/Mo.H2O4PS/c;1-5(2,3)4-6-5/h;1-2H/q+1;-1. The first-order valence-corrected chi connectivity index (χ1v) is 5.42. The van der Waals surface area contributed by atoms with E-state index in [2.05, 4.69) is 7.15 Å². The van der Waals surface area contributed by atoms with Crippen molar-refractivity contribution in [2.24, 2.45) is 0 Å². The maximum atomic E-state index is 8.61. The molecule has 1 fully saturated rings. The van der Waals surface area contributed by atoms with Crippen LogP contribution in [0.1, 0.15) is 0 Å². The van der Waals surface area contributed by atoms with Crippen molar-refractivity contribution in [3.63, 3.8) is 0 Å². The Hall–Kier alpha value is 1.31. The quantitative estimate of drug-likeness (QED) is 0.290. The fourth-order valence-electron chi connectivity index (χ4n) is 0.0683. The molecule has 4 nitrogen and oxygen atoms in total. The molecule has 1 saturated heterocycles. The summed E-state index contributed by atoms with van der Waals surface area (Å²) < 4.78 is 8.40. The number of hydrogen-bond donors (Lipinski definition) is 2. The first-order valence-electron chi connectivity index (χ1n) is 1.28.